The summed E-state index contributed by atoms with van der Waals surface area (Å²) >= 11 is 5.79. The van der Waals surface area contributed by atoms with E-state index in [1.54, 1.807) is 41.1 Å². The van der Waals surface area contributed by atoms with Gasteiger partial charge in [0.25, 0.3) is 21.8 Å². The molecule has 2 aromatic carbocycles. The minimum Gasteiger partial charge on any atom is -0.321 e. The van der Waals surface area contributed by atoms with Crippen LogP contribution in [0.25, 0.3) is 6.08 Å². The lowest BCUT2D eigenvalue weighted by molar-refractivity contribution is -0.113. The number of thiazole rings is 1. The summed E-state index contributed by atoms with van der Waals surface area (Å²) in [4.78, 5) is 30.0. The molecule has 3 N–H and O–H groups in total. The molecule has 0 saturated carbocycles. The zero-order chi connectivity index (χ0) is 24.8. The van der Waals surface area contributed by atoms with E-state index in [1.165, 1.54) is 41.8 Å². The van der Waals surface area contributed by atoms with Crippen LogP contribution in [0.4, 0.5) is 10.8 Å². The summed E-state index contributed by atoms with van der Waals surface area (Å²) in [6.07, 6.45) is 3.06. The van der Waals surface area contributed by atoms with Crippen molar-refractivity contribution in [2.75, 3.05) is 10.0 Å². The summed E-state index contributed by atoms with van der Waals surface area (Å²) in [5.41, 5.74) is 1.10. The number of amides is 2. The van der Waals surface area contributed by atoms with Crippen LogP contribution < -0.4 is 15.4 Å². The molecule has 35 heavy (non-hydrogen) atoms. The molecule has 8 nitrogen and oxygen atoms in total. The van der Waals surface area contributed by atoms with Crippen molar-refractivity contribution >= 4 is 77.3 Å². The third-order valence-electron chi connectivity index (χ3n) is 4.50. The average Bonchev–Trinajstić information content (AvgIpc) is 3.55. The summed E-state index contributed by atoms with van der Waals surface area (Å²) in [5, 5.41) is 9.04. The maximum Gasteiger partial charge on any atom is 0.272 e. The largest absolute Gasteiger partial charge is 0.321 e. The maximum absolute atomic E-state index is 13.0. The first-order valence-electron chi connectivity index (χ1n) is 9.96. The average molecular weight is 590 g/mol. The fraction of sp³-hybridized carbons (Fsp3) is 0. The second-order valence-electron chi connectivity index (χ2n) is 6.96. The topological polar surface area (TPSA) is 117 Å². The number of nitrogens with zero attached hydrogens (tertiary/aromatic N) is 1. The van der Waals surface area contributed by atoms with Gasteiger partial charge in [-0.3, -0.25) is 14.3 Å². The van der Waals surface area contributed by atoms with Crippen LogP contribution in [0.3, 0.4) is 0 Å². The van der Waals surface area contributed by atoms with Gasteiger partial charge in [-0.25, -0.2) is 13.4 Å². The highest BCUT2D eigenvalue weighted by atomic mass is 79.9. The molecule has 0 aliphatic heterocycles. The molecule has 2 amide bonds. The van der Waals surface area contributed by atoms with Gasteiger partial charge in [0.05, 0.1) is 9.77 Å². The number of rotatable bonds is 8. The van der Waals surface area contributed by atoms with Gasteiger partial charge in [-0.05, 0) is 59.5 Å². The van der Waals surface area contributed by atoms with Crippen LogP contribution in [0.2, 0.25) is 0 Å². The van der Waals surface area contributed by atoms with Gasteiger partial charge in [-0.2, -0.15) is 0 Å². The molecule has 4 rings (SSSR count). The Labute approximate surface area is 217 Å². The summed E-state index contributed by atoms with van der Waals surface area (Å²) in [7, 11) is -3.82. The standard InChI is InChI=1S/C23H17BrN4O4S3/c24-16-5-3-15(4-6-16)14-19(27-22(30)20-2-1-12-33-20)21(29)26-17-7-9-18(10-8-17)35(31,32)28-23-25-11-13-34-23/h1-14H,(H,25,28)(H,26,29)(H,27,30). The van der Waals surface area contributed by atoms with Crippen molar-refractivity contribution in [3.05, 3.63) is 98.2 Å². The number of carbonyl (C=O) groups excluding carboxylic acids is 2. The van der Waals surface area contributed by atoms with Crippen LogP contribution in [0.1, 0.15) is 15.2 Å². The SMILES string of the molecule is O=C(Nc1ccc(S(=O)(=O)Nc2nccs2)cc1)C(=Cc1ccc(Br)cc1)NC(=O)c1cccs1. The molecule has 0 fully saturated rings. The van der Waals surface area contributed by atoms with E-state index in [0.717, 1.165) is 15.8 Å². The fourth-order valence-electron chi connectivity index (χ4n) is 2.84. The Bertz CT molecular complexity index is 1450. The van der Waals surface area contributed by atoms with Crippen LogP contribution in [0.15, 0.2) is 92.7 Å². The molecule has 2 heterocycles. The number of anilines is 2. The molecule has 0 radical (unpaired) electrons. The highest BCUT2D eigenvalue weighted by molar-refractivity contribution is 9.10. The predicted molar refractivity (Wildman–Crippen MR) is 142 cm³/mol. The Hall–Kier alpha value is -3.32. The van der Waals surface area contributed by atoms with Gasteiger partial charge < -0.3 is 10.6 Å². The van der Waals surface area contributed by atoms with E-state index in [2.05, 4.69) is 36.3 Å². The lowest BCUT2D eigenvalue weighted by Gasteiger charge is -2.11. The first-order valence-corrected chi connectivity index (χ1v) is 14.0. The number of hydrogen-bond donors (Lipinski definition) is 3. The third-order valence-corrected chi connectivity index (χ3v) is 8.07. The molecule has 4 aromatic rings. The molecular formula is C23H17BrN4O4S3. The van der Waals surface area contributed by atoms with Crippen molar-refractivity contribution in [3.8, 4) is 0 Å². The molecule has 0 spiro atoms. The number of thiophene rings is 1. The molecule has 0 saturated heterocycles. The first kappa shape index (κ1) is 24.8. The summed E-state index contributed by atoms with van der Waals surface area (Å²) < 4.78 is 28.3. The Morgan fingerprint density at radius 3 is 2.31 bits per heavy atom. The summed E-state index contributed by atoms with van der Waals surface area (Å²) in [6.45, 7) is 0. The zero-order valence-electron chi connectivity index (χ0n) is 17.8. The van der Waals surface area contributed by atoms with Crippen molar-refractivity contribution < 1.29 is 18.0 Å². The minimum absolute atomic E-state index is 0.0160. The number of carbonyl (C=O) groups is 2. The first-order chi connectivity index (χ1) is 16.8. The van der Waals surface area contributed by atoms with Crippen molar-refractivity contribution in [3.63, 3.8) is 0 Å². The molecule has 0 aliphatic rings. The number of benzene rings is 2. The van der Waals surface area contributed by atoms with E-state index >= 15 is 0 Å². The van der Waals surface area contributed by atoms with E-state index < -0.39 is 21.8 Å². The number of halogens is 1. The monoisotopic (exact) mass is 588 g/mol. The molecule has 178 valence electrons. The number of nitrogens with one attached hydrogen (secondary N) is 3. The second-order valence-corrected chi connectivity index (χ2v) is 11.4. The Morgan fingerprint density at radius 2 is 1.69 bits per heavy atom. The molecule has 0 bridgehead atoms. The number of sulfonamides is 1. The van der Waals surface area contributed by atoms with Crippen LogP contribution >= 0.6 is 38.6 Å². The molecule has 2 aromatic heterocycles. The van der Waals surface area contributed by atoms with E-state index in [9.17, 15) is 18.0 Å². The lowest BCUT2D eigenvalue weighted by atomic mass is 10.2. The molecular weight excluding hydrogens is 572 g/mol. The van der Waals surface area contributed by atoms with Crippen molar-refractivity contribution in [1.82, 2.24) is 10.3 Å². The Morgan fingerprint density at radius 1 is 0.943 bits per heavy atom. The highest BCUT2D eigenvalue weighted by Gasteiger charge is 2.18. The second kappa shape index (κ2) is 11.0. The van der Waals surface area contributed by atoms with E-state index in [4.69, 9.17) is 0 Å². The Balaban J connectivity index is 1.52. The van der Waals surface area contributed by atoms with E-state index in [1.807, 2.05) is 12.1 Å². The van der Waals surface area contributed by atoms with Crippen LogP contribution in [-0.4, -0.2) is 25.2 Å². The smallest absolute Gasteiger partial charge is 0.272 e. The van der Waals surface area contributed by atoms with Crippen molar-refractivity contribution in [2.24, 2.45) is 0 Å². The van der Waals surface area contributed by atoms with Gasteiger partial charge in [0.1, 0.15) is 5.70 Å². The van der Waals surface area contributed by atoms with Crippen molar-refractivity contribution in [2.45, 2.75) is 4.90 Å². The van der Waals surface area contributed by atoms with Crippen molar-refractivity contribution in [1.29, 1.82) is 0 Å². The third kappa shape index (κ3) is 6.63. The lowest BCUT2D eigenvalue weighted by Crippen LogP contribution is -2.30. The summed E-state index contributed by atoms with van der Waals surface area (Å²) in [6, 6.07) is 16.3. The Kier molecular flexibility index (Phi) is 7.76. The van der Waals surface area contributed by atoms with Gasteiger partial charge in [-0.15, -0.1) is 22.7 Å². The predicted octanol–water partition coefficient (Wildman–Crippen LogP) is 5.18. The quantitative estimate of drug-likeness (QED) is 0.245. The van der Waals surface area contributed by atoms with E-state index in [-0.39, 0.29) is 15.7 Å². The fourth-order valence-corrected chi connectivity index (χ4v) is 5.51. The molecule has 0 aliphatic carbocycles. The van der Waals surface area contributed by atoms with Gasteiger partial charge in [0.2, 0.25) is 0 Å². The van der Waals surface area contributed by atoms with E-state index in [0.29, 0.717) is 16.1 Å². The molecule has 12 heteroatoms. The molecule has 0 atom stereocenters. The van der Waals surface area contributed by atoms with Gasteiger partial charge in [0, 0.05) is 21.7 Å². The highest BCUT2D eigenvalue weighted by Crippen LogP contribution is 2.20. The summed E-state index contributed by atoms with van der Waals surface area (Å²) in [5.74, 6) is -0.970. The maximum atomic E-state index is 13.0. The number of aromatic nitrogens is 1. The van der Waals surface area contributed by atoms with Crippen LogP contribution in [0, 0.1) is 0 Å². The van der Waals surface area contributed by atoms with Crippen LogP contribution in [-0.2, 0) is 14.8 Å². The van der Waals surface area contributed by atoms with Crippen LogP contribution in [0.5, 0.6) is 0 Å². The minimum atomic E-state index is -3.82. The van der Waals surface area contributed by atoms with Gasteiger partial charge in [-0.1, -0.05) is 34.1 Å². The van der Waals surface area contributed by atoms with Gasteiger partial charge in [0.15, 0.2) is 5.13 Å². The number of hydrogen-bond acceptors (Lipinski definition) is 7. The zero-order valence-corrected chi connectivity index (χ0v) is 21.8. The van der Waals surface area contributed by atoms with Gasteiger partial charge >= 0.3 is 0 Å². The normalized spacial score (nSPS) is 11.6. The molecule has 0 unspecified atom stereocenters.